The van der Waals surface area contributed by atoms with Crippen LogP contribution in [-0.4, -0.2) is 25.8 Å². The largest absolute Gasteiger partial charge is 0.497 e. The molecule has 0 saturated carbocycles. The molecule has 0 aliphatic heterocycles. The van der Waals surface area contributed by atoms with Crippen molar-refractivity contribution in [2.75, 3.05) is 13.7 Å². The lowest BCUT2D eigenvalue weighted by Gasteiger charge is -2.08. The third-order valence-electron chi connectivity index (χ3n) is 3.37. The number of carbonyl (C=O) groups is 1. The molecule has 2 aromatic carbocycles. The molecule has 5 nitrogen and oxygen atoms in total. The molecule has 1 amide bonds. The highest BCUT2D eigenvalue weighted by Gasteiger charge is 2.02. The molecule has 0 aromatic heterocycles. The molecule has 0 heterocycles. The molecule has 1 N–H and O–H groups in total. The van der Waals surface area contributed by atoms with Crippen molar-refractivity contribution in [2.45, 2.75) is 20.3 Å². The summed E-state index contributed by atoms with van der Waals surface area (Å²) >= 11 is 0. The van der Waals surface area contributed by atoms with Gasteiger partial charge in [0.25, 0.3) is 0 Å². The standard InChI is InChI=1S/C20H24N2O3/c1-15(2)14-25-19-6-4-5-17(11-19)13-21-22-20(23)12-16-7-9-18(24-3)10-8-16/h4-11,13,15H,12,14H2,1-3H3,(H,22,23)/b21-13-. The van der Waals surface area contributed by atoms with E-state index in [-0.39, 0.29) is 12.3 Å². The van der Waals surface area contributed by atoms with E-state index in [9.17, 15) is 4.79 Å². The van der Waals surface area contributed by atoms with Crippen molar-refractivity contribution in [1.29, 1.82) is 0 Å². The summed E-state index contributed by atoms with van der Waals surface area (Å²) in [4.78, 5) is 11.9. The highest BCUT2D eigenvalue weighted by atomic mass is 16.5. The van der Waals surface area contributed by atoms with E-state index in [0.29, 0.717) is 12.5 Å². The first-order chi connectivity index (χ1) is 12.1. The minimum absolute atomic E-state index is 0.173. The SMILES string of the molecule is COc1ccc(CC(=O)N/N=C\c2cccc(OCC(C)C)c2)cc1. The van der Waals surface area contributed by atoms with Crippen molar-refractivity contribution in [3.63, 3.8) is 0 Å². The van der Waals surface area contributed by atoms with Crippen LogP contribution >= 0.6 is 0 Å². The van der Waals surface area contributed by atoms with Crippen LogP contribution in [0.1, 0.15) is 25.0 Å². The zero-order chi connectivity index (χ0) is 18.1. The van der Waals surface area contributed by atoms with E-state index in [4.69, 9.17) is 9.47 Å². The van der Waals surface area contributed by atoms with Crippen LogP contribution in [0.4, 0.5) is 0 Å². The Balaban J connectivity index is 1.85. The molecule has 25 heavy (non-hydrogen) atoms. The average molecular weight is 340 g/mol. The molecule has 5 heteroatoms. The summed E-state index contributed by atoms with van der Waals surface area (Å²) in [5, 5.41) is 4.00. The predicted octanol–water partition coefficient (Wildman–Crippen LogP) is 3.42. The van der Waals surface area contributed by atoms with Gasteiger partial charge >= 0.3 is 0 Å². The third kappa shape index (κ3) is 6.67. The second kappa shape index (κ2) is 9.47. The summed E-state index contributed by atoms with van der Waals surface area (Å²) in [6, 6.07) is 15.0. The first-order valence-electron chi connectivity index (χ1n) is 8.24. The molecule has 0 radical (unpaired) electrons. The molecule has 0 atom stereocenters. The van der Waals surface area contributed by atoms with Crippen molar-refractivity contribution in [3.05, 3.63) is 59.7 Å². The summed E-state index contributed by atoms with van der Waals surface area (Å²) in [5.41, 5.74) is 4.30. The lowest BCUT2D eigenvalue weighted by molar-refractivity contribution is -0.120. The maximum absolute atomic E-state index is 11.9. The van der Waals surface area contributed by atoms with Crippen LogP contribution in [0.15, 0.2) is 53.6 Å². The number of methoxy groups -OCH3 is 1. The Hall–Kier alpha value is -2.82. The summed E-state index contributed by atoms with van der Waals surface area (Å²) in [6.45, 7) is 4.87. The number of nitrogens with one attached hydrogen (secondary N) is 1. The Labute approximate surface area is 148 Å². The Morgan fingerprint density at radius 3 is 2.60 bits per heavy atom. The maximum atomic E-state index is 11.9. The van der Waals surface area contributed by atoms with Crippen molar-refractivity contribution in [3.8, 4) is 11.5 Å². The van der Waals surface area contributed by atoms with Crippen LogP contribution in [-0.2, 0) is 11.2 Å². The van der Waals surface area contributed by atoms with Crippen molar-refractivity contribution in [2.24, 2.45) is 11.0 Å². The zero-order valence-corrected chi connectivity index (χ0v) is 14.9. The van der Waals surface area contributed by atoms with Crippen LogP contribution in [0.2, 0.25) is 0 Å². The lowest BCUT2D eigenvalue weighted by atomic mass is 10.1. The predicted molar refractivity (Wildman–Crippen MR) is 99.2 cm³/mol. The van der Waals surface area contributed by atoms with Gasteiger partial charge in [0.15, 0.2) is 0 Å². The number of amides is 1. The molecule has 0 spiro atoms. The van der Waals surface area contributed by atoms with Gasteiger partial charge < -0.3 is 9.47 Å². The monoisotopic (exact) mass is 340 g/mol. The van der Waals surface area contributed by atoms with Crippen LogP contribution in [0.25, 0.3) is 0 Å². The highest BCUT2D eigenvalue weighted by Crippen LogP contribution is 2.13. The van der Waals surface area contributed by atoms with Gasteiger partial charge in [0.05, 0.1) is 26.4 Å². The molecule has 0 bridgehead atoms. The topological polar surface area (TPSA) is 59.9 Å². The zero-order valence-electron chi connectivity index (χ0n) is 14.9. The van der Waals surface area contributed by atoms with Crippen LogP contribution < -0.4 is 14.9 Å². The summed E-state index contributed by atoms with van der Waals surface area (Å²) < 4.78 is 10.8. The lowest BCUT2D eigenvalue weighted by Crippen LogP contribution is -2.19. The molecule has 0 aliphatic rings. The normalized spacial score (nSPS) is 10.9. The molecule has 2 rings (SSSR count). The quantitative estimate of drug-likeness (QED) is 0.592. The number of carbonyl (C=O) groups excluding carboxylic acids is 1. The van der Waals surface area contributed by atoms with Gasteiger partial charge in [-0.3, -0.25) is 4.79 Å². The summed E-state index contributed by atoms with van der Waals surface area (Å²) in [7, 11) is 1.61. The van der Waals surface area contributed by atoms with Crippen molar-refractivity contribution in [1.82, 2.24) is 5.43 Å². The summed E-state index contributed by atoms with van der Waals surface area (Å²) in [6.07, 6.45) is 1.87. The third-order valence-corrected chi connectivity index (χ3v) is 3.37. The summed E-state index contributed by atoms with van der Waals surface area (Å²) in [5.74, 6) is 1.85. The smallest absolute Gasteiger partial charge is 0.244 e. The fourth-order valence-corrected chi connectivity index (χ4v) is 2.09. The number of benzene rings is 2. The number of nitrogens with zero attached hydrogens (tertiary/aromatic N) is 1. The van der Waals surface area contributed by atoms with Gasteiger partial charge in [-0.05, 0) is 41.3 Å². The molecular weight excluding hydrogens is 316 g/mol. The van der Waals surface area contributed by atoms with E-state index in [1.807, 2.05) is 48.5 Å². The molecule has 132 valence electrons. The van der Waals surface area contributed by atoms with E-state index < -0.39 is 0 Å². The fraction of sp³-hybridized carbons (Fsp3) is 0.300. The molecule has 2 aromatic rings. The maximum Gasteiger partial charge on any atom is 0.244 e. The van der Waals surface area contributed by atoms with Gasteiger partial charge in [-0.25, -0.2) is 5.43 Å². The Morgan fingerprint density at radius 1 is 1.16 bits per heavy atom. The number of hydrazone groups is 1. The Morgan fingerprint density at radius 2 is 1.92 bits per heavy atom. The van der Waals surface area contributed by atoms with Crippen LogP contribution in [0.5, 0.6) is 11.5 Å². The minimum atomic E-state index is -0.173. The van der Waals surface area contributed by atoms with Gasteiger partial charge in [-0.1, -0.05) is 38.1 Å². The molecule has 0 aliphatic carbocycles. The Bertz CT molecular complexity index is 709. The van der Waals surface area contributed by atoms with E-state index in [1.165, 1.54) is 0 Å². The average Bonchev–Trinajstić information content (AvgIpc) is 2.61. The highest BCUT2D eigenvalue weighted by molar-refractivity contribution is 5.83. The second-order valence-electron chi connectivity index (χ2n) is 6.10. The van der Waals surface area contributed by atoms with Crippen molar-refractivity contribution >= 4 is 12.1 Å². The van der Waals surface area contributed by atoms with E-state index in [2.05, 4.69) is 24.4 Å². The number of hydrogen-bond donors (Lipinski definition) is 1. The first kappa shape index (κ1) is 18.5. The van der Waals surface area contributed by atoms with Crippen LogP contribution in [0, 0.1) is 5.92 Å². The van der Waals surface area contributed by atoms with Crippen LogP contribution in [0.3, 0.4) is 0 Å². The number of ether oxygens (including phenoxy) is 2. The van der Waals surface area contributed by atoms with Crippen molar-refractivity contribution < 1.29 is 14.3 Å². The molecule has 0 saturated heterocycles. The van der Waals surface area contributed by atoms with Gasteiger partial charge in [0.1, 0.15) is 11.5 Å². The van der Waals surface area contributed by atoms with Gasteiger partial charge in [-0.15, -0.1) is 0 Å². The minimum Gasteiger partial charge on any atom is -0.497 e. The van der Waals surface area contributed by atoms with E-state index >= 15 is 0 Å². The van der Waals surface area contributed by atoms with E-state index in [0.717, 1.165) is 22.6 Å². The second-order valence-corrected chi connectivity index (χ2v) is 6.10. The van der Waals surface area contributed by atoms with Gasteiger partial charge in [0, 0.05) is 0 Å². The van der Waals surface area contributed by atoms with E-state index in [1.54, 1.807) is 13.3 Å². The van der Waals surface area contributed by atoms with Gasteiger partial charge in [-0.2, -0.15) is 5.10 Å². The number of hydrogen-bond acceptors (Lipinski definition) is 4. The fourth-order valence-electron chi connectivity index (χ4n) is 2.09. The molecular formula is C20H24N2O3. The molecule has 0 unspecified atom stereocenters. The number of rotatable bonds is 8. The Kier molecular flexibility index (Phi) is 7.01. The van der Waals surface area contributed by atoms with Gasteiger partial charge in [0.2, 0.25) is 5.91 Å². The first-order valence-corrected chi connectivity index (χ1v) is 8.24. The molecule has 0 fully saturated rings.